The second kappa shape index (κ2) is 5.70. The highest BCUT2D eigenvalue weighted by Crippen LogP contribution is 2.26. The van der Waals surface area contributed by atoms with Gasteiger partial charge in [0.1, 0.15) is 11.4 Å². The van der Waals surface area contributed by atoms with Crippen LogP contribution < -0.4 is 10.3 Å². The molecule has 0 bridgehead atoms. The molecule has 0 amide bonds. The van der Waals surface area contributed by atoms with Crippen molar-refractivity contribution in [3.63, 3.8) is 0 Å². The quantitative estimate of drug-likeness (QED) is 0.731. The van der Waals surface area contributed by atoms with Gasteiger partial charge in [0, 0.05) is 10.9 Å². The topological polar surface area (TPSA) is 26.2 Å². The molecule has 1 heterocycles. The molecule has 1 aromatic heterocycles. The van der Waals surface area contributed by atoms with Gasteiger partial charge in [-0.15, -0.1) is 0 Å². The second-order valence-electron chi connectivity index (χ2n) is 5.34. The van der Waals surface area contributed by atoms with Crippen molar-refractivity contribution in [3.05, 3.63) is 64.5 Å². The molecule has 21 heavy (non-hydrogen) atoms. The first-order valence-corrected chi connectivity index (χ1v) is 7.92. The van der Waals surface area contributed by atoms with E-state index >= 15 is 0 Å². The number of thiazole rings is 1. The van der Waals surface area contributed by atoms with E-state index in [-0.39, 0.29) is 0 Å². The van der Waals surface area contributed by atoms with E-state index in [2.05, 4.69) is 78.9 Å². The van der Waals surface area contributed by atoms with E-state index in [0.717, 1.165) is 16.5 Å². The number of hydrogen-bond acceptors (Lipinski definition) is 2. The van der Waals surface area contributed by atoms with Gasteiger partial charge in [0.25, 0.3) is 0 Å². The summed E-state index contributed by atoms with van der Waals surface area (Å²) in [6.45, 7) is 6.39. The molecule has 2 aromatic carbocycles. The van der Waals surface area contributed by atoms with Crippen molar-refractivity contribution in [2.75, 3.05) is 5.32 Å². The van der Waals surface area contributed by atoms with Crippen LogP contribution in [0.15, 0.2) is 47.8 Å². The molecule has 0 aliphatic rings. The van der Waals surface area contributed by atoms with Crippen molar-refractivity contribution in [1.82, 2.24) is 0 Å². The summed E-state index contributed by atoms with van der Waals surface area (Å²) in [6, 6.07) is 14.9. The molecule has 0 unspecified atom stereocenters. The third kappa shape index (κ3) is 2.98. The Kier molecular flexibility index (Phi) is 3.76. The van der Waals surface area contributed by atoms with Crippen molar-refractivity contribution >= 4 is 22.2 Å². The van der Waals surface area contributed by atoms with Crippen molar-refractivity contribution in [1.29, 1.82) is 0 Å². The van der Waals surface area contributed by atoms with Gasteiger partial charge in [0.05, 0.1) is 0 Å². The summed E-state index contributed by atoms with van der Waals surface area (Å²) in [5, 5.41) is 6.68. The first kappa shape index (κ1) is 13.8. The maximum absolute atomic E-state index is 3.48. The fourth-order valence-corrected chi connectivity index (χ4v) is 3.01. The average molecular weight is 295 g/mol. The fraction of sp³-hybridized carbons (Fsp3) is 0.167. The Labute approximate surface area is 129 Å². The van der Waals surface area contributed by atoms with Gasteiger partial charge < -0.3 is 0 Å². The summed E-state index contributed by atoms with van der Waals surface area (Å²) in [5.74, 6) is 0. The molecule has 3 aromatic rings. The van der Waals surface area contributed by atoms with E-state index in [1.807, 2.05) is 0 Å². The van der Waals surface area contributed by atoms with Crippen LogP contribution in [0.5, 0.6) is 0 Å². The van der Waals surface area contributed by atoms with E-state index in [4.69, 9.17) is 0 Å². The normalized spacial score (nSPS) is 10.6. The molecular weight excluding hydrogens is 276 g/mol. The third-order valence-corrected chi connectivity index (χ3v) is 4.55. The highest BCUT2D eigenvalue weighted by Gasteiger charge is 2.12. The number of anilines is 2. The molecule has 0 atom stereocenters. The van der Waals surface area contributed by atoms with Crippen LogP contribution in [0, 0.1) is 20.8 Å². The molecule has 0 radical (unpaired) electrons. The fourth-order valence-electron chi connectivity index (χ4n) is 2.24. The molecule has 0 fully saturated rings. The molecule has 3 rings (SSSR count). The van der Waals surface area contributed by atoms with E-state index in [9.17, 15) is 0 Å². The van der Waals surface area contributed by atoms with Crippen LogP contribution in [0.2, 0.25) is 0 Å². The Morgan fingerprint density at radius 2 is 1.71 bits per heavy atom. The number of nitrogens with one attached hydrogen (secondary N) is 2. The predicted molar refractivity (Wildman–Crippen MR) is 90.2 cm³/mol. The number of rotatable bonds is 3. The van der Waals surface area contributed by atoms with Gasteiger partial charge in [-0.2, -0.15) is 0 Å². The Morgan fingerprint density at radius 1 is 0.952 bits per heavy atom. The molecule has 0 spiro atoms. The lowest BCUT2D eigenvalue weighted by Gasteiger charge is -2.03. The SMILES string of the molecule is Cc1ccc(-c2csc(Nc3cccc(C)c3C)[nH+]2)cc1. The first-order chi connectivity index (χ1) is 10.1. The van der Waals surface area contributed by atoms with Gasteiger partial charge in [-0.1, -0.05) is 53.3 Å². The Morgan fingerprint density at radius 3 is 2.48 bits per heavy atom. The molecule has 2 N–H and O–H groups in total. The largest absolute Gasteiger partial charge is 0.337 e. The highest BCUT2D eigenvalue weighted by atomic mass is 32.1. The summed E-state index contributed by atoms with van der Waals surface area (Å²) in [5.41, 5.74) is 7.39. The van der Waals surface area contributed by atoms with Crippen molar-refractivity contribution in [2.45, 2.75) is 20.8 Å². The van der Waals surface area contributed by atoms with Gasteiger partial charge in [0.2, 0.25) is 0 Å². The smallest absolute Gasteiger partial charge is 0.231 e. The van der Waals surface area contributed by atoms with Crippen LogP contribution >= 0.6 is 11.3 Å². The van der Waals surface area contributed by atoms with Crippen LogP contribution in [-0.2, 0) is 0 Å². The zero-order chi connectivity index (χ0) is 14.8. The minimum Gasteiger partial charge on any atom is -0.231 e. The van der Waals surface area contributed by atoms with Gasteiger partial charge in [-0.25, -0.2) is 10.3 Å². The van der Waals surface area contributed by atoms with E-state index in [1.165, 1.54) is 22.3 Å². The zero-order valence-electron chi connectivity index (χ0n) is 12.5. The lowest BCUT2D eigenvalue weighted by atomic mass is 10.1. The molecule has 0 saturated carbocycles. The van der Waals surface area contributed by atoms with Crippen LogP contribution in [0.1, 0.15) is 16.7 Å². The molecule has 106 valence electrons. The summed E-state index contributed by atoms with van der Waals surface area (Å²) >= 11 is 1.69. The van der Waals surface area contributed by atoms with Gasteiger partial charge in [-0.3, -0.25) is 0 Å². The van der Waals surface area contributed by atoms with Crippen LogP contribution in [0.4, 0.5) is 10.8 Å². The van der Waals surface area contributed by atoms with E-state index in [1.54, 1.807) is 11.3 Å². The summed E-state index contributed by atoms with van der Waals surface area (Å²) in [7, 11) is 0. The number of hydrogen-bond donors (Lipinski definition) is 1. The monoisotopic (exact) mass is 295 g/mol. The molecule has 0 aliphatic carbocycles. The summed E-state index contributed by atoms with van der Waals surface area (Å²) < 4.78 is 0. The molecule has 3 heteroatoms. The Hall–Kier alpha value is -2.13. The molecular formula is C18H19N2S+. The highest BCUT2D eigenvalue weighted by molar-refractivity contribution is 7.13. The standard InChI is InChI=1S/C18H18N2S/c1-12-7-9-15(10-8-12)17-11-21-18(20-17)19-16-6-4-5-13(2)14(16)3/h4-11H,1-3H3,(H,19,20)/p+1. The number of aromatic nitrogens is 1. The third-order valence-electron chi connectivity index (χ3n) is 3.76. The van der Waals surface area contributed by atoms with Crippen molar-refractivity contribution in [2.24, 2.45) is 0 Å². The maximum Gasteiger partial charge on any atom is 0.337 e. The number of benzene rings is 2. The van der Waals surface area contributed by atoms with Gasteiger partial charge in [0.15, 0.2) is 0 Å². The summed E-state index contributed by atoms with van der Waals surface area (Å²) in [4.78, 5) is 3.45. The van der Waals surface area contributed by atoms with Crippen molar-refractivity contribution in [3.8, 4) is 11.3 Å². The van der Waals surface area contributed by atoms with E-state index < -0.39 is 0 Å². The molecule has 0 saturated heterocycles. The van der Waals surface area contributed by atoms with Gasteiger partial charge >= 0.3 is 5.13 Å². The minimum atomic E-state index is 1.05. The first-order valence-electron chi connectivity index (χ1n) is 7.04. The maximum atomic E-state index is 3.48. The Bertz CT molecular complexity index is 757. The predicted octanol–water partition coefficient (Wildman–Crippen LogP) is 4.90. The minimum absolute atomic E-state index is 1.05. The lowest BCUT2D eigenvalue weighted by molar-refractivity contribution is -0.340. The Balaban J connectivity index is 1.85. The molecule has 2 nitrogen and oxygen atoms in total. The molecule has 0 aliphatic heterocycles. The van der Waals surface area contributed by atoms with Crippen molar-refractivity contribution < 1.29 is 4.98 Å². The van der Waals surface area contributed by atoms with E-state index in [0.29, 0.717) is 0 Å². The number of H-pyrrole nitrogens is 1. The number of aromatic amines is 1. The van der Waals surface area contributed by atoms with Crippen LogP contribution in [0.25, 0.3) is 11.3 Å². The number of aryl methyl sites for hydroxylation is 2. The lowest BCUT2D eigenvalue weighted by Crippen LogP contribution is -2.08. The van der Waals surface area contributed by atoms with Crippen LogP contribution in [-0.4, -0.2) is 0 Å². The van der Waals surface area contributed by atoms with Crippen LogP contribution in [0.3, 0.4) is 0 Å². The summed E-state index contributed by atoms with van der Waals surface area (Å²) in [6.07, 6.45) is 0. The zero-order valence-corrected chi connectivity index (χ0v) is 13.3. The van der Waals surface area contributed by atoms with Gasteiger partial charge in [-0.05, 0) is 38.0 Å². The second-order valence-corrected chi connectivity index (χ2v) is 6.22. The average Bonchev–Trinajstić information content (AvgIpc) is 2.93.